The Kier molecular flexibility index (Phi) is 2.31. The fourth-order valence-corrected chi connectivity index (χ4v) is 4.53. The third-order valence-electron chi connectivity index (χ3n) is 2.69. The molecule has 0 atom stereocenters. The van der Waals surface area contributed by atoms with E-state index in [0.29, 0.717) is 0 Å². The zero-order chi connectivity index (χ0) is 10.4. The van der Waals surface area contributed by atoms with Crippen LogP contribution in [0.2, 0.25) is 0 Å². The Labute approximate surface area is 81.7 Å². The molecular formula is C9H17NO2S. The minimum atomic E-state index is -0.874. The van der Waals surface area contributed by atoms with Gasteiger partial charge in [-0.2, -0.15) is 0 Å². The first kappa shape index (κ1) is 10.7. The first-order valence-corrected chi connectivity index (χ1v) is 5.54. The van der Waals surface area contributed by atoms with Crippen LogP contribution in [0.4, 0.5) is 0 Å². The molecule has 13 heavy (non-hydrogen) atoms. The van der Waals surface area contributed by atoms with Crippen LogP contribution in [0, 0.1) is 0 Å². The van der Waals surface area contributed by atoms with Crippen molar-refractivity contribution in [3.05, 3.63) is 0 Å². The molecule has 0 bridgehead atoms. The molecule has 0 aromatic carbocycles. The molecule has 0 spiro atoms. The molecule has 1 aliphatic rings. The summed E-state index contributed by atoms with van der Waals surface area (Å²) < 4.78 is 11.2. The van der Waals surface area contributed by atoms with Gasteiger partial charge in [0, 0.05) is 17.7 Å². The van der Waals surface area contributed by atoms with Crippen molar-refractivity contribution in [2.24, 2.45) is 0 Å². The SMILES string of the molecule is CC(=O)NC1C(C)(C)S(=O)C1(C)C. The molecule has 1 amide bonds. The van der Waals surface area contributed by atoms with Gasteiger partial charge >= 0.3 is 0 Å². The Morgan fingerprint density at radius 3 is 1.92 bits per heavy atom. The third-order valence-corrected chi connectivity index (χ3v) is 5.08. The van der Waals surface area contributed by atoms with Gasteiger partial charge in [0.25, 0.3) is 0 Å². The molecule has 1 saturated heterocycles. The lowest BCUT2D eigenvalue weighted by molar-refractivity contribution is -0.120. The number of carbonyl (C=O) groups excluding carboxylic acids is 1. The summed E-state index contributed by atoms with van der Waals surface area (Å²) in [5.74, 6) is -0.0529. The minimum absolute atomic E-state index is 0.0123. The molecule has 0 aromatic rings. The van der Waals surface area contributed by atoms with E-state index in [2.05, 4.69) is 5.32 Å². The normalized spacial score (nSPS) is 34.8. The van der Waals surface area contributed by atoms with Crippen LogP contribution in [0.3, 0.4) is 0 Å². The first-order chi connectivity index (χ1) is 5.70. The molecule has 0 aliphatic carbocycles. The van der Waals surface area contributed by atoms with E-state index in [4.69, 9.17) is 0 Å². The van der Waals surface area contributed by atoms with Crippen LogP contribution in [0.1, 0.15) is 34.6 Å². The standard InChI is InChI=1S/C9H17NO2S/c1-6(11)10-7-8(2,3)13(12)9(7,4)5/h7H,1-5H3,(H,10,11). The van der Waals surface area contributed by atoms with Gasteiger partial charge in [-0.25, -0.2) is 0 Å². The molecule has 0 saturated carbocycles. The van der Waals surface area contributed by atoms with Gasteiger partial charge in [-0.15, -0.1) is 0 Å². The van der Waals surface area contributed by atoms with Crippen molar-refractivity contribution < 1.29 is 9.00 Å². The summed E-state index contributed by atoms with van der Waals surface area (Å²) in [5.41, 5.74) is 0. The van der Waals surface area contributed by atoms with Crippen LogP contribution in [0.5, 0.6) is 0 Å². The largest absolute Gasteiger partial charge is 0.351 e. The van der Waals surface area contributed by atoms with E-state index < -0.39 is 10.8 Å². The molecule has 1 fully saturated rings. The molecular weight excluding hydrogens is 186 g/mol. The van der Waals surface area contributed by atoms with E-state index in [-0.39, 0.29) is 21.4 Å². The summed E-state index contributed by atoms with van der Waals surface area (Å²) >= 11 is 0. The first-order valence-electron chi connectivity index (χ1n) is 4.40. The van der Waals surface area contributed by atoms with Gasteiger partial charge in [-0.1, -0.05) is 0 Å². The monoisotopic (exact) mass is 203 g/mol. The zero-order valence-corrected chi connectivity index (χ0v) is 9.62. The highest BCUT2D eigenvalue weighted by Gasteiger charge is 2.60. The van der Waals surface area contributed by atoms with E-state index in [1.165, 1.54) is 6.92 Å². The highest BCUT2D eigenvalue weighted by molar-refractivity contribution is 7.89. The van der Waals surface area contributed by atoms with Gasteiger partial charge in [0.15, 0.2) is 0 Å². The maximum absolute atomic E-state index is 11.8. The lowest BCUT2D eigenvalue weighted by Crippen LogP contribution is -2.75. The number of hydrogen-bond donors (Lipinski definition) is 1. The van der Waals surface area contributed by atoms with Crippen LogP contribution in [-0.4, -0.2) is 25.7 Å². The van der Waals surface area contributed by atoms with Crippen LogP contribution in [0.15, 0.2) is 0 Å². The van der Waals surface area contributed by atoms with Crippen molar-refractivity contribution in [3.8, 4) is 0 Å². The van der Waals surface area contributed by atoms with E-state index in [1.807, 2.05) is 27.7 Å². The van der Waals surface area contributed by atoms with Crippen molar-refractivity contribution >= 4 is 16.7 Å². The van der Waals surface area contributed by atoms with E-state index in [9.17, 15) is 9.00 Å². The molecule has 3 nitrogen and oxygen atoms in total. The number of carbonyl (C=O) groups is 1. The second-order valence-electron chi connectivity index (χ2n) is 4.61. The molecule has 1 rings (SSSR count). The van der Waals surface area contributed by atoms with Gasteiger partial charge in [0.05, 0.1) is 15.5 Å². The smallest absolute Gasteiger partial charge is 0.217 e. The predicted octanol–water partition coefficient (Wildman–Crippen LogP) is 0.811. The highest BCUT2D eigenvalue weighted by atomic mass is 32.2. The molecule has 0 aromatic heterocycles. The molecule has 1 aliphatic heterocycles. The topological polar surface area (TPSA) is 46.2 Å². The lowest BCUT2D eigenvalue weighted by atomic mass is 9.89. The fourth-order valence-electron chi connectivity index (χ4n) is 2.22. The van der Waals surface area contributed by atoms with E-state index in [0.717, 1.165) is 0 Å². The Balaban J connectivity index is 2.85. The summed E-state index contributed by atoms with van der Waals surface area (Å²) in [6.45, 7) is 9.20. The van der Waals surface area contributed by atoms with Crippen molar-refractivity contribution in [2.75, 3.05) is 0 Å². The maximum atomic E-state index is 11.8. The summed E-state index contributed by atoms with van der Waals surface area (Å²) in [5, 5.41) is 2.86. The average Bonchev–Trinajstić information content (AvgIpc) is 1.98. The fraction of sp³-hybridized carbons (Fsp3) is 0.889. The summed E-state index contributed by atoms with van der Waals surface area (Å²) in [7, 11) is -0.874. The molecule has 0 unspecified atom stereocenters. The Morgan fingerprint density at radius 2 is 1.62 bits per heavy atom. The lowest BCUT2D eigenvalue weighted by Gasteiger charge is -2.55. The Bertz CT molecular complexity index is 253. The average molecular weight is 203 g/mol. The van der Waals surface area contributed by atoms with Crippen molar-refractivity contribution in [3.63, 3.8) is 0 Å². The van der Waals surface area contributed by atoms with Gasteiger partial charge in [-0.05, 0) is 27.7 Å². The highest BCUT2D eigenvalue weighted by Crippen LogP contribution is 2.44. The molecule has 0 radical (unpaired) electrons. The zero-order valence-electron chi connectivity index (χ0n) is 8.80. The van der Waals surface area contributed by atoms with Crippen LogP contribution >= 0.6 is 0 Å². The van der Waals surface area contributed by atoms with Crippen LogP contribution in [0.25, 0.3) is 0 Å². The quantitative estimate of drug-likeness (QED) is 0.685. The van der Waals surface area contributed by atoms with Gasteiger partial charge in [0.1, 0.15) is 0 Å². The van der Waals surface area contributed by atoms with Crippen LogP contribution < -0.4 is 5.32 Å². The molecule has 1 N–H and O–H groups in total. The number of nitrogens with one attached hydrogen (secondary N) is 1. The minimum Gasteiger partial charge on any atom is -0.351 e. The maximum Gasteiger partial charge on any atom is 0.217 e. The van der Waals surface area contributed by atoms with Crippen molar-refractivity contribution in [1.29, 1.82) is 0 Å². The van der Waals surface area contributed by atoms with Crippen molar-refractivity contribution in [2.45, 2.75) is 50.2 Å². The van der Waals surface area contributed by atoms with Gasteiger partial charge < -0.3 is 5.32 Å². The second kappa shape index (κ2) is 2.80. The predicted molar refractivity (Wildman–Crippen MR) is 53.9 cm³/mol. The second-order valence-corrected chi connectivity index (χ2v) is 7.25. The molecule has 76 valence electrons. The summed E-state index contributed by atoms with van der Waals surface area (Å²) in [4.78, 5) is 10.9. The van der Waals surface area contributed by atoms with Crippen molar-refractivity contribution in [1.82, 2.24) is 5.32 Å². The van der Waals surface area contributed by atoms with E-state index >= 15 is 0 Å². The van der Waals surface area contributed by atoms with Crippen LogP contribution in [-0.2, 0) is 15.6 Å². The summed E-state index contributed by atoms with van der Waals surface area (Å²) in [6, 6.07) is 0.0123. The number of rotatable bonds is 1. The van der Waals surface area contributed by atoms with E-state index in [1.54, 1.807) is 0 Å². The Morgan fingerprint density at radius 1 is 1.23 bits per heavy atom. The Hall–Kier alpha value is -0.380. The van der Waals surface area contributed by atoms with Gasteiger partial charge in [-0.3, -0.25) is 9.00 Å². The molecule has 1 heterocycles. The summed E-state index contributed by atoms with van der Waals surface area (Å²) in [6.07, 6.45) is 0. The third kappa shape index (κ3) is 1.41. The number of amides is 1. The van der Waals surface area contributed by atoms with Gasteiger partial charge in [0.2, 0.25) is 5.91 Å². The number of hydrogen-bond acceptors (Lipinski definition) is 2. The molecule has 4 heteroatoms.